The number of hydrogen-bond acceptors (Lipinski definition) is 3. The summed E-state index contributed by atoms with van der Waals surface area (Å²) >= 11 is 7.62. The number of hydrogen-bond donors (Lipinski definition) is 0. The third kappa shape index (κ3) is 8.01. The van der Waals surface area contributed by atoms with Crippen LogP contribution in [0.25, 0.3) is 0 Å². The molecule has 0 amide bonds. The number of halogens is 1. The van der Waals surface area contributed by atoms with E-state index in [1.54, 1.807) is 21.3 Å². The third-order valence-corrected chi connectivity index (χ3v) is 15.9. The molecule has 0 aliphatic carbocycles. The molecule has 0 aromatic rings. The van der Waals surface area contributed by atoms with Gasteiger partial charge in [-0.2, -0.15) is 0 Å². The summed E-state index contributed by atoms with van der Waals surface area (Å²) in [7, 11) is 2.62. The molecule has 0 rings (SSSR count). The van der Waals surface area contributed by atoms with E-state index in [0.717, 1.165) is 18.6 Å². The Balaban J connectivity index is 5.13. The van der Waals surface area contributed by atoms with Crippen molar-refractivity contribution < 1.29 is 13.3 Å². The second-order valence-electron chi connectivity index (χ2n) is 7.17. The van der Waals surface area contributed by atoms with E-state index in [-0.39, 0.29) is 0 Å². The summed E-state index contributed by atoms with van der Waals surface area (Å²) in [5, 5.41) is 0. The first kappa shape index (κ1) is 24.8. The van der Waals surface area contributed by atoms with Gasteiger partial charge in [0.25, 0.3) is 0 Å². The minimum absolute atomic E-state index is 0.867. The summed E-state index contributed by atoms with van der Waals surface area (Å²) in [5.74, 6) is -2.16. The van der Waals surface area contributed by atoms with Crippen molar-refractivity contribution in [2.75, 3.05) is 46.0 Å². The van der Waals surface area contributed by atoms with Crippen LogP contribution in [-0.4, -0.2) is 54.8 Å². The Labute approximate surface area is 157 Å². The molecule has 0 saturated carbocycles. The van der Waals surface area contributed by atoms with Gasteiger partial charge in [0.2, 0.25) is 0 Å². The zero-order valence-corrected chi connectivity index (χ0v) is 19.7. The summed E-state index contributed by atoms with van der Waals surface area (Å²) in [5.41, 5.74) is 0. The van der Waals surface area contributed by atoms with E-state index >= 15 is 0 Å². The Morgan fingerprint density at radius 1 is 0.667 bits per heavy atom. The summed E-state index contributed by atoms with van der Waals surface area (Å²) in [6, 6.07) is 0.867. The Morgan fingerprint density at radius 3 is 1.29 bits per heavy atom. The van der Waals surface area contributed by atoms with Crippen molar-refractivity contribution in [3.05, 3.63) is 0 Å². The first-order valence-corrected chi connectivity index (χ1v) is 15.6. The standard InChI is InChI=1S/C18H42ClO3PSi/c1-7-10-14-23(19,15-11-8-2,16-12-9-3)17-13-18-24(20-4,21-5)22-6/h7-18H2,1-6H3. The van der Waals surface area contributed by atoms with E-state index in [2.05, 4.69) is 20.8 Å². The van der Waals surface area contributed by atoms with Crippen LogP contribution in [0.5, 0.6) is 0 Å². The predicted molar refractivity (Wildman–Crippen MR) is 113 cm³/mol. The Kier molecular flexibility index (Phi) is 12.7. The van der Waals surface area contributed by atoms with Crippen LogP contribution in [0.4, 0.5) is 0 Å². The van der Waals surface area contributed by atoms with Crippen LogP contribution in [0.1, 0.15) is 65.7 Å². The van der Waals surface area contributed by atoms with E-state index in [9.17, 15) is 0 Å². The zero-order valence-electron chi connectivity index (χ0n) is 17.0. The molecule has 24 heavy (non-hydrogen) atoms. The van der Waals surface area contributed by atoms with Crippen molar-refractivity contribution >= 4 is 26.0 Å². The molecule has 0 bridgehead atoms. The monoisotopic (exact) mass is 400 g/mol. The molecule has 0 aromatic carbocycles. The fourth-order valence-electron chi connectivity index (χ4n) is 3.58. The van der Waals surface area contributed by atoms with Gasteiger partial charge in [-0.3, -0.25) is 0 Å². The van der Waals surface area contributed by atoms with Crippen LogP contribution >= 0.6 is 17.2 Å². The van der Waals surface area contributed by atoms with Crippen molar-refractivity contribution in [1.29, 1.82) is 0 Å². The molecule has 0 aliphatic heterocycles. The maximum absolute atomic E-state index is 7.62. The molecule has 0 N–H and O–H groups in total. The van der Waals surface area contributed by atoms with Crippen LogP contribution in [0.3, 0.4) is 0 Å². The van der Waals surface area contributed by atoms with Crippen molar-refractivity contribution in [3.8, 4) is 0 Å². The van der Waals surface area contributed by atoms with Crippen LogP contribution < -0.4 is 0 Å². The molecule has 0 aliphatic rings. The topological polar surface area (TPSA) is 27.7 Å². The normalized spacial score (nSPS) is 14.5. The molecule has 0 atom stereocenters. The van der Waals surface area contributed by atoms with E-state index < -0.39 is 14.8 Å². The summed E-state index contributed by atoms with van der Waals surface area (Å²) < 4.78 is 16.8. The molecule has 0 saturated heterocycles. The Morgan fingerprint density at radius 2 is 1.00 bits per heavy atom. The SMILES string of the molecule is CCCCP(Cl)(CCCC)(CCCC)CCC[Si](OC)(OC)OC. The number of rotatable bonds is 16. The van der Waals surface area contributed by atoms with Gasteiger partial charge >= 0.3 is 157 Å². The molecule has 0 aromatic heterocycles. The molecule has 0 fully saturated rings. The molecular weight excluding hydrogens is 359 g/mol. The van der Waals surface area contributed by atoms with Gasteiger partial charge in [0.1, 0.15) is 0 Å². The van der Waals surface area contributed by atoms with Gasteiger partial charge in [-0.25, -0.2) is 0 Å². The van der Waals surface area contributed by atoms with Crippen molar-refractivity contribution in [1.82, 2.24) is 0 Å². The fourth-order valence-corrected chi connectivity index (χ4v) is 12.6. The zero-order chi connectivity index (χ0) is 18.6. The van der Waals surface area contributed by atoms with Crippen molar-refractivity contribution in [2.45, 2.75) is 71.8 Å². The summed E-state index contributed by atoms with van der Waals surface area (Å²) in [4.78, 5) is 0. The third-order valence-electron chi connectivity index (χ3n) is 5.34. The first-order valence-electron chi connectivity index (χ1n) is 9.75. The predicted octanol–water partition coefficient (Wildman–Crippen LogP) is 6.36. The Bertz CT molecular complexity index is 295. The minimum atomic E-state index is -2.48. The van der Waals surface area contributed by atoms with Crippen molar-refractivity contribution in [2.24, 2.45) is 0 Å². The van der Waals surface area contributed by atoms with Crippen LogP contribution in [0.2, 0.25) is 6.04 Å². The van der Waals surface area contributed by atoms with Gasteiger partial charge in [-0.15, -0.1) is 0 Å². The molecule has 0 spiro atoms. The molecule has 0 unspecified atom stereocenters. The van der Waals surface area contributed by atoms with E-state index in [1.165, 1.54) is 57.0 Å². The van der Waals surface area contributed by atoms with Crippen LogP contribution in [0.15, 0.2) is 0 Å². The van der Waals surface area contributed by atoms with E-state index in [0.29, 0.717) is 0 Å². The van der Waals surface area contributed by atoms with Gasteiger partial charge in [0.05, 0.1) is 0 Å². The Hall–Kier alpha value is 0.817. The average molecular weight is 401 g/mol. The molecule has 0 radical (unpaired) electrons. The maximum atomic E-state index is 7.62. The van der Waals surface area contributed by atoms with Gasteiger partial charge in [-0.05, 0) is 0 Å². The molecule has 148 valence electrons. The second kappa shape index (κ2) is 12.2. The fraction of sp³-hybridized carbons (Fsp3) is 1.00. The molecular formula is C18H42ClO3PSi. The van der Waals surface area contributed by atoms with Gasteiger partial charge in [-0.1, -0.05) is 0 Å². The number of unbranched alkanes of at least 4 members (excludes halogenated alkanes) is 3. The quantitative estimate of drug-likeness (QED) is 0.223. The van der Waals surface area contributed by atoms with E-state index in [4.69, 9.17) is 24.5 Å². The second-order valence-corrected chi connectivity index (χ2v) is 18.6. The first-order chi connectivity index (χ1) is 11.4. The molecule has 3 nitrogen and oxygen atoms in total. The van der Waals surface area contributed by atoms with Crippen LogP contribution in [0, 0.1) is 0 Å². The molecule has 6 heteroatoms. The van der Waals surface area contributed by atoms with Gasteiger partial charge < -0.3 is 0 Å². The van der Waals surface area contributed by atoms with Gasteiger partial charge in [0, 0.05) is 0 Å². The summed E-state index contributed by atoms with van der Waals surface area (Å²) in [6.07, 6.45) is 13.4. The van der Waals surface area contributed by atoms with Gasteiger partial charge in [0.15, 0.2) is 0 Å². The van der Waals surface area contributed by atoms with Crippen LogP contribution in [-0.2, 0) is 13.3 Å². The van der Waals surface area contributed by atoms with Crippen molar-refractivity contribution in [3.63, 3.8) is 0 Å². The average Bonchev–Trinajstić information content (AvgIpc) is 2.61. The summed E-state index contributed by atoms with van der Waals surface area (Å²) in [6.45, 7) is 6.82. The molecule has 0 heterocycles. The van der Waals surface area contributed by atoms with E-state index in [1.807, 2.05) is 0 Å².